The number of aliphatic imine (C=N–C) groups is 1. The molecule has 3 fully saturated rings. The van der Waals surface area contributed by atoms with Gasteiger partial charge in [0.1, 0.15) is 30.1 Å². The lowest BCUT2D eigenvalue weighted by Gasteiger charge is -2.47. The third-order valence-corrected chi connectivity index (χ3v) is 12.2. The molecule has 0 saturated carbocycles. The zero-order valence-corrected chi connectivity index (χ0v) is 36.6. The monoisotopic (exact) mass is 846 g/mol. The number of aliphatic hydroxyl groups is 2. The molecule has 0 aliphatic carbocycles. The van der Waals surface area contributed by atoms with Gasteiger partial charge in [-0.25, -0.2) is 14.2 Å². The van der Waals surface area contributed by atoms with Crippen LogP contribution in [0.5, 0.6) is 0 Å². The summed E-state index contributed by atoms with van der Waals surface area (Å²) in [4.78, 5) is 53.2. The van der Waals surface area contributed by atoms with E-state index in [0.717, 1.165) is 18.0 Å². The van der Waals surface area contributed by atoms with Crippen molar-refractivity contribution in [2.24, 2.45) is 27.9 Å². The second-order valence-corrected chi connectivity index (χ2v) is 17.5. The number of ether oxygens (including phenoxy) is 5. The van der Waals surface area contributed by atoms with Gasteiger partial charge in [-0.15, -0.1) is 0 Å². The van der Waals surface area contributed by atoms with Crippen LogP contribution in [0.1, 0.15) is 87.1 Å². The number of H-pyrrole nitrogens is 1. The van der Waals surface area contributed by atoms with Gasteiger partial charge < -0.3 is 49.4 Å². The molecule has 17 nitrogen and oxygen atoms in total. The smallest absolute Gasteiger partial charge is 0.351 e. The fourth-order valence-corrected chi connectivity index (χ4v) is 8.98. The van der Waals surface area contributed by atoms with Crippen LogP contribution in [0.2, 0.25) is 0 Å². The number of carbonyl (C=O) groups is 3. The lowest BCUT2D eigenvalue weighted by molar-refractivity contribution is -0.296. The van der Waals surface area contributed by atoms with E-state index in [1.165, 1.54) is 20.8 Å². The summed E-state index contributed by atoms with van der Waals surface area (Å²) in [6, 6.07) is 5.05. The minimum Gasteiger partial charge on any atom is -0.457 e. The van der Waals surface area contributed by atoms with E-state index in [2.05, 4.69) is 20.3 Å². The minimum absolute atomic E-state index is 0.000999. The SMILES string of the molecule is CC[C@H]1OC(=O)[C@@](C)(F)C(=O)[C@H](C)[C@@H](O[C@@H]2O[C@H](C)C[C@H](N(C)C)[C@H]2O)[C@@]2(C)C[C@@H](C)C(=NC(C)=O)[C@H](C)[C@H](OC/C(=N\OCc3ccc4[nH]nc(N)c4c3)CO2)[C@]1(C)O. The van der Waals surface area contributed by atoms with Crippen LogP contribution in [0.3, 0.4) is 0 Å². The van der Waals surface area contributed by atoms with Crippen molar-refractivity contribution in [3.05, 3.63) is 23.8 Å². The fourth-order valence-electron chi connectivity index (χ4n) is 8.98. The number of aromatic amines is 1. The maximum atomic E-state index is 16.9. The zero-order chi connectivity index (χ0) is 44.5. The molecule has 13 atom stereocenters. The van der Waals surface area contributed by atoms with Crippen LogP contribution in [-0.4, -0.2) is 141 Å². The Balaban J connectivity index is 1.69. The summed E-state index contributed by atoms with van der Waals surface area (Å²) in [7, 11) is 3.63. The average Bonchev–Trinajstić information content (AvgIpc) is 3.54. The largest absolute Gasteiger partial charge is 0.457 e. The Bertz CT molecular complexity index is 1940. The number of alkyl halides is 1. The summed E-state index contributed by atoms with van der Waals surface area (Å²) in [6.45, 7) is 13.0. The maximum absolute atomic E-state index is 16.9. The Morgan fingerprint density at radius 3 is 2.48 bits per heavy atom. The van der Waals surface area contributed by atoms with Crippen molar-refractivity contribution in [1.82, 2.24) is 15.1 Å². The quantitative estimate of drug-likeness (QED) is 0.177. The van der Waals surface area contributed by atoms with E-state index in [4.69, 9.17) is 34.3 Å². The number of benzene rings is 1. The number of amides is 1. The van der Waals surface area contributed by atoms with Crippen molar-refractivity contribution in [1.29, 1.82) is 0 Å². The summed E-state index contributed by atoms with van der Waals surface area (Å²) in [6.07, 6.45) is -6.51. The predicted octanol–water partition coefficient (Wildman–Crippen LogP) is 3.67. The molecule has 60 heavy (non-hydrogen) atoms. The lowest BCUT2D eigenvalue weighted by atomic mass is 9.73. The highest BCUT2D eigenvalue weighted by molar-refractivity contribution is 6.08. The number of nitrogens with one attached hydrogen (secondary N) is 1. The lowest BCUT2D eigenvalue weighted by Crippen LogP contribution is -2.61. The third-order valence-electron chi connectivity index (χ3n) is 12.2. The van der Waals surface area contributed by atoms with Crippen LogP contribution in [0, 0.1) is 17.8 Å². The molecule has 0 unspecified atom stereocenters. The predicted molar refractivity (Wildman–Crippen MR) is 220 cm³/mol. The van der Waals surface area contributed by atoms with Gasteiger partial charge >= 0.3 is 5.97 Å². The fraction of sp³-hybridized carbons (Fsp3) is 0.714. The average molecular weight is 847 g/mol. The van der Waals surface area contributed by atoms with Crippen molar-refractivity contribution >= 4 is 45.8 Å². The van der Waals surface area contributed by atoms with Gasteiger partial charge in [0.15, 0.2) is 17.9 Å². The highest BCUT2D eigenvalue weighted by atomic mass is 19.1. The second-order valence-electron chi connectivity index (χ2n) is 17.5. The van der Waals surface area contributed by atoms with Crippen molar-refractivity contribution < 1.29 is 57.5 Å². The van der Waals surface area contributed by atoms with Gasteiger partial charge in [0.25, 0.3) is 5.67 Å². The molecule has 0 spiro atoms. The van der Waals surface area contributed by atoms with E-state index in [1.54, 1.807) is 20.8 Å². The molecular formula is C42H63FN6O11. The molecule has 334 valence electrons. The highest BCUT2D eigenvalue weighted by Crippen LogP contribution is 2.41. The first-order chi connectivity index (χ1) is 28.0. The normalized spacial score (nSPS) is 39.0. The standard InChI is InChI=1S/C42H63FN6O11/c1-12-31-42(9,54)36-23(4)32(45-25(6)50)21(2)17-40(7,56-20-27(19-55-36)48-57-18-26-13-14-29-28(16-26)37(44)47-46-29)35(24(5)34(52)41(8,43)39(53)59-31)60-38-33(51)30(49(10)11)15-22(3)58-38/h13-14,16,21-24,30-31,33,35-36,38,51,54H,12,15,17-20H2,1-11H3,(H3,44,46,47)/b45-32?,48-27+/t21-,22-,23+,24+,30+,31-,33-,35-,36+,38+,40-,41+,42-/m1/s1. The molecule has 5 rings (SSSR count). The van der Waals surface area contributed by atoms with Gasteiger partial charge in [-0.2, -0.15) is 5.10 Å². The Labute approximate surface area is 350 Å². The Morgan fingerprint density at radius 2 is 1.83 bits per heavy atom. The van der Waals surface area contributed by atoms with E-state index in [1.807, 2.05) is 51.0 Å². The first-order valence-electron chi connectivity index (χ1n) is 20.6. The number of oxime groups is 1. The van der Waals surface area contributed by atoms with Crippen LogP contribution < -0.4 is 5.73 Å². The number of anilines is 1. The number of halogens is 1. The number of nitrogens with zero attached hydrogens (tertiary/aromatic N) is 4. The highest BCUT2D eigenvalue weighted by Gasteiger charge is 2.56. The molecule has 1 amide bonds. The van der Waals surface area contributed by atoms with Crippen molar-refractivity contribution in [3.63, 3.8) is 0 Å². The number of rotatable bonds is 7. The Hall–Kier alpha value is -3.91. The number of aromatic nitrogens is 2. The number of aliphatic hydroxyl groups excluding tert-OH is 1. The second kappa shape index (κ2) is 18.6. The van der Waals surface area contributed by atoms with Crippen LogP contribution >= 0.6 is 0 Å². The molecule has 4 heterocycles. The molecule has 1 aromatic carbocycles. The first-order valence-corrected chi connectivity index (χ1v) is 20.6. The molecule has 5 N–H and O–H groups in total. The molecule has 18 heteroatoms. The van der Waals surface area contributed by atoms with Crippen LogP contribution in [0.25, 0.3) is 10.9 Å². The zero-order valence-electron chi connectivity index (χ0n) is 36.6. The number of nitrogen functional groups attached to an aromatic ring is 1. The Kier molecular flexibility index (Phi) is 14.6. The van der Waals surface area contributed by atoms with E-state index in [0.29, 0.717) is 23.3 Å². The van der Waals surface area contributed by atoms with Crippen molar-refractivity contribution in [2.45, 2.75) is 148 Å². The molecule has 3 aliphatic heterocycles. The van der Waals surface area contributed by atoms with E-state index in [9.17, 15) is 24.6 Å². The minimum atomic E-state index is -3.22. The Morgan fingerprint density at radius 1 is 1.13 bits per heavy atom. The number of fused-ring (bicyclic) bond motifs is 6. The van der Waals surface area contributed by atoms with Crippen molar-refractivity contribution in [2.75, 3.05) is 33.0 Å². The molecule has 3 saturated heterocycles. The van der Waals surface area contributed by atoms with Gasteiger partial charge in [-0.05, 0) is 84.7 Å². The number of nitrogens with two attached hydrogens (primary N) is 1. The summed E-state index contributed by atoms with van der Waals surface area (Å²) in [5.74, 6) is -5.79. The van der Waals surface area contributed by atoms with Gasteiger partial charge in [0, 0.05) is 35.9 Å². The van der Waals surface area contributed by atoms with Crippen LogP contribution in [0.4, 0.5) is 10.2 Å². The number of Topliss-reactive ketones (excluding diaryl/α,β-unsaturated/α-hetero) is 1. The number of cyclic esters (lactones) is 1. The summed E-state index contributed by atoms with van der Waals surface area (Å²) in [5.41, 5.74) is 1.18. The van der Waals surface area contributed by atoms with Gasteiger partial charge in [-0.3, -0.25) is 14.7 Å². The summed E-state index contributed by atoms with van der Waals surface area (Å²) in [5, 5.41) is 36.0. The number of ketones is 1. The topological polar surface area (TPSA) is 230 Å². The maximum Gasteiger partial charge on any atom is 0.351 e. The number of hydrogen-bond acceptors (Lipinski definition) is 15. The first kappa shape index (κ1) is 47.1. The van der Waals surface area contributed by atoms with E-state index >= 15 is 4.39 Å². The summed E-state index contributed by atoms with van der Waals surface area (Å²) >= 11 is 0. The number of carbonyl (C=O) groups excluding carboxylic acids is 3. The van der Waals surface area contributed by atoms with Gasteiger partial charge in [0.05, 0.1) is 42.6 Å². The van der Waals surface area contributed by atoms with E-state index in [-0.39, 0.29) is 44.5 Å². The molecule has 1 aromatic heterocycles. The van der Waals surface area contributed by atoms with Crippen molar-refractivity contribution in [3.8, 4) is 0 Å². The van der Waals surface area contributed by atoms with Crippen LogP contribution in [-0.2, 0) is 49.5 Å². The van der Waals surface area contributed by atoms with Gasteiger partial charge in [-0.1, -0.05) is 38.9 Å². The summed E-state index contributed by atoms with van der Waals surface area (Å²) < 4.78 is 48.7. The molecule has 2 aromatic rings. The molecule has 3 aliphatic rings. The molecule has 2 bridgehead atoms. The van der Waals surface area contributed by atoms with E-state index < -0.39 is 89.0 Å². The number of hydrogen-bond donors (Lipinski definition) is 4. The molecule has 0 radical (unpaired) electrons. The van der Waals surface area contributed by atoms with Crippen LogP contribution in [0.15, 0.2) is 28.3 Å². The van der Waals surface area contributed by atoms with Gasteiger partial charge in [0.2, 0.25) is 5.91 Å². The number of likely N-dealkylation sites (N-methyl/N-ethyl adjacent to an activating group) is 1. The molecular weight excluding hydrogens is 783 g/mol. The third kappa shape index (κ3) is 9.90. The number of esters is 1.